The molecule has 3 aromatic carbocycles. The fourth-order valence-corrected chi connectivity index (χ4v) is 9.86. The van der Waals surface area contributed by atoms with Gasteiger partial charge in [0.25, 0.3) is 0 Å². The molecule has 3 heterocycles. The first-order valence-electron chi connectivity index (χ1n) is 17.5. The maximum absolute atomic E-state index is 11.8. The van der Waals surface area contributed by atoms with E-state index in [2.05, 4.69) is 62.9 Å². The summed E-state index contributed by atoms with van der Waals surface area (Å²) in [5, 5.41) is 11.8. The number of methoxy groups -OCH3 is 2. The molecule has 2 saturated heterocycles. The molecule has 1 N–H and O–H groups in total. The van der Waals surface area contributed by atoms with Crippen LogP contribution in [0.5, 0.6) is 17.2 Å². The monoisotopic (exact) mass is 718 g/mol. The summed E-state index contributed by atoms with van der Waals surface area (Å²) < 4.78 is 11.7. The Labute approximate surface area is 304 Å². The van der Waals surface area contributed by atoms with Crippen molar-refractivity contribution < 1.29 is 14.6 Å². The minimum atomic E-state index is 0.457. The summed E-state index contributed by atoms with van der Waals surface area (Å²) in [6.45, 7) is 13.6. The molecule has 49 heavy (non-hydrogen) atoms. The predicted molar refractivity (Wildman–Crippen MR) is 206 cm³/mol. The van der Waals surface area contributed by atoms with Crippen LogP contribution < -0.4 is 9.47 Å². The van der Waals surface area contributed by atoms with Gasteiger partial charge in [0.2, 0.25) is 0 Å². The summed E-state index contributed by atoms with van der Waals surface area (Å²) >= 11 is 5.82. The first kappa shape index (κ1) is 36.0. The minimum Gasteiger partial charge on any atom is -0.507 e. The van der Waals surface area contributed by atoms with Gasteiger partial charge in [0.15, 0.2) is 0 Å². The van der Waals surface area contributed by atoms with E-state index in [1.807, 2.05) is 24.3 Å². The Morgan fingerprint density at radius 2 is 1.08 bits per heavy atom. The van der Waals surface area contributed by atoms with Gasteiger partial charge in [-0.05, 0) is 71.5 Å². The Balaban J connectivity index is 1.14. The fourth-order valence-electron chi connectivity index (χ4n) is 6.87. The minimum absolute atomic E-state index is 0.457. The quantitative estimate of drug-likeness (QED) is 0.104. The number of benzene rings is 3. The van der Waals surface area contributed by atoms with E-state index in [0.717, 1.165) is 124 Å². The molecule has 1 aromatic heterocycles. The maximum Gasteiger partial charge on any atom is 0.124 e. The second-order valence-corrected chi connectivity index (χ2v) is 16.1. The zero-order valence-corrected chi connectivity index (χ0v) is 31.6. The van der Waals surface area contributed by atoms with E-state index in [0.29, 0.717) is 5.75 Å². The van der Waals surface area contributed by atoms with E-state index in [1.54, 1.807) is 34.9 Å². The zero-order valence-electron chi connectivity index (χ0n) is 29.2. The molecule has 10 heteroatoms. The van der Waals surface area contributed by atoms with Crippen LogP contribution in [-0.2, 0) is 32.6 Å². The van der Waals surface area contributed by atoms with Crippen molar-refractivity contribution in [2.24, 2.45) is 0 Å². The highest BCUT2D eigenvalue weighted by Crippen LogP contribution is 2.39. The molecular weight excluding hydrogens is 669 g/mol. The molecule has 0 aliphatic carbocycles. The van der Waals surface area contributed by atoms with Gasteiger partial charge in [-0.1, -0.05) is 70.5 Å². The molecule has 0 radical (unpaired) electrons. The van der Waals surface area contributed by atoms with Crippen molar-refractivity contribution in [3.8, 4) is 27.7 Å². The lowest BCUT2D eigenvalue weighted by molar-refractivity contribution is 0.119. The molecule has 262 valence electrons. The lowest BCUT2D eigenvalue weighted by Crippen LogP contribution is -2.45. The molecule has 0 amide bonds. The largest absolute Gasteiger partial charge is 0.507 e. The van der Waals surface area contributed by atoms with Crippen molar-refractivity contribution in [1.82, 2.24) is 19.6 Å². The van der Waals surface area contributed by atoms with Crippen LogP contribution in [0.25, 0.3) is 10.4 Å². The maximum atomic E-state index is 11.8. The Kier molecular flexibility index (Phi) is 12.8. The van der Waals surface area contributed by atoms with Gasteiger partial charge in [-0.25, -0.2) is 0 Å². The second-order valence-electron chi connectivity index (χ2n) is 13.3. The number of phenolic OH excluding ortho intramolecular Hbond substituents is 1. The summed E-state index contributed by atoms with van der Waals surface area (Å²) in [6, 6.07) is 21.3. The van der Waals surface area contributed by atoms with E-state index < -0.39 is 0 Å². The number of ether oxygens (including phenoxy) is 2. The van der Waals surface area contributed by atoms with E-state index in [1.165, 1.54) is 27.1 Å². The number of hydrogen-bond donors (Lipinski definition) is 1. The Morgan fingerprint density at radius 1 is 0.653 bits per heavy atom. The van der Waals surface area contributed by atoms with Gasteiger partial charge in [-0.3, -0.25) is 19.6 Å². The van der Waals surface area contributed by atoms with Gasteiger partial charge < -0.3 is 14.6 Å². The summed E-state index contributed by atoms with van der Waals surface area (Å²) in [5.41, 5.74) is 7.20. The third-order valence-corrected chi connectivity index (χ3v) is 13.1. The molecule has 7 nitrogen and oxygen atoms in total. The summed E-state index contributed by atoms with van der Waals surface area (Å²) in [4.78, 5) is 11.3. The number of piperazine rings is 2. The SMILES string of the molecule is CCCCc1c(-c2cc(CN3CCN(Cc4ccc(OC)cc4)CC3)c(O)c(CN3CCN(Cc4ccc(OC)cc4)CC3)c2)ssc1=S. The van der Waals surface area contributed by atoms with Crippen molar-refractivity contribution in [2.45, 2.75) is 52.4 Å². The van der Waals surface area contributed by atoms with Crippen LogP contribution in [0.3, 0.4) is 0 Å². The Morgan fingerprint density at radius 3 is 1.49 bits per heavy atom. The van der Waals surface area contributed by atoms with Gasteiger partial charge in [-0.2, -0.15) is 0 Å². The van der Waals surface area contributed by atoms with Crippen molar-refractivity contribution in [1.29, 1.82) is 0 Å². The highest BCUT2D eigenvalue weighted by atomic mass is 32.9. The Bertz CT molecular complexity index is 1600. The summed E-state index contributed by atoms with van der Waals surface area (Å²) in [5.74, 6) is 2.25. The van der Waals surface area contributed by atoms with E-state index >= 15 is 0 Å². The van der Waals surface area contributed by atoms with Crippen molar-refractivity contribution in [3.05, 3.63) is 92.3 Å². The first-order valence-corrected chi connectivity index (χ1v) is 20.1. The molecule has 2 aliphatic rings. The number of rotatable bonds is 14. The standard InChI is InChI=1S/C39H50N4O3S3/c1-4-5-6-36-38(48-49-39(36)47)31-23-32(27-42-19-15-40(16-20-42)25-29-7-11-34(45-2)12-8-29)37(44)33(24-31)28-43-21-17-41(18-22-43)26-30-9-13-35(46-3)14-10-30/h7-14,23-24,44H,4-6,15-22,25-28H2,1-3H3. The number of hydrogen-bond acceptors (Lipinski definition) is 10. The van der Waals surface area contributed by atoms with Crippen LogP contribution in [0.4, 0.5) is 0 Å². The first-order chi connectivity index (χ1) is 23.9. The third kappa shape index (κ3) is 9.49. The molecule has 6 rings (SSSR count). The molecule has 0 saturated carbocycles. The van der Waals surface area contributed by atoms with E-state index in [4.69, 9.17) is 21.7 Å². The number of aromatic hydroxyl groups is 1. The van der Waals surface area contributed by atoms with Gasteiger partial charge in [0.05, 0.1) is 19.1 Å². The number of nitrogens with zero attached hydrogens (tertiary/aromatic N) is 4. The van der Waals surface area contributed by atoms with Crippen molar-refractivity contribution in [3.63, 3.8) is 0 Å². The molecular formula is C39H50N4O3S3. The third-order valence-electron chi connectivity index (χ3n) is 9.88. The summed E-state index contributed by atoms with van der Waals surface area (Å²) in [7, 11) is 6.94. The van der Waals surface area contributed by atoms with E-state index in [9.17, 15) is 5.11 Å². The number of unbranched alkanes of at least 4 members (excludes halogenated alkanes) is 1. The normalized spacial score (nSPS) is 16.6. The van der Waals surface area contributed by atoms with Crippen LogP contribution in [0.2, 0.25) is 0 Å². The average Bonchev–Trinajstić information content (AvgIpc) is 3.50. The zero-order chi connectivity index (χ0) is 34.2. The molecule has 0 atom stereocenters. The highest BCUT2D eigenvalue weighted by molar-refractivity contribution is 7.80. The predicted octanol–water partition coefficient (Wildman–Crippen LogP) is 7.91. The van der Waals surface area contributed by atoms with Crippen LogP contribution in [0.1, 0.15) is 47.6 Å². The molecule has 2 fully saturated rings. The lowest BCUT2D eigenvalue weighted by atomic mass is 9.98. The molecule has 0 spiro atoms. The topological polar surface area (TPSA) is 51.7 Å². The molecule has 0 unspecified atom stereocenters. The summed E-state index contributed by atoms with van der Waals surface area (Å²) in [6.07, 6.45) is 3.30. The van der Waals surface area contributed by atoms with Gasteiger partial charge in [0, 0.05) is 89.7 Å². The van der Waals surface area contributed by atoms with Crippen molar-refractivity contribution in [2.75, 3.05) is 66.6 Å². The Hall–Kier alpha value is -2.83. The smallest absolute Gasteiger partial charge is 0.124 e. The highest BCUT2D eigenvalue weighted by Gasteiger charge is 2.24. The number of phenols is 1. The second kappa shape index (κ2) is 17.4. The van der Waals surface area contributed by atoms with Gasteiger partial charge in [-0.15, -0.1) is 0 Å². The average molecular weight is 719 g/mol. The van der Waals surface area contributed by atoms with E-state index in [-0.39, 0.29) is 0 Å². The van der Waals surface area contributed by atoms with Crippen LogP contribution in [0, 0.1) is 3.82 Å². The lowest BCUT2D eigenvalue weighted by Gasteiger charge is -2.36. The van der Waals surface area contributed by atoms with Crippen LogP contribution in [0.15, 0.2) is 60.7 Å². The van der Waals surface area contributed by atoms with Crippen LogP contribution in [-0.4, -0.2) is 91.3 Å². The molecule has 4 aromatic rings. The fraction of sp³-hybridized carbons (Fsp3) is 0.462. The van der Waals surface area contributed by atoms with Crippen LogP contribution >= 0.6 is 32.9 Å². The van der Waals surface area contributed by atoms with Gasteiger partial charge in [0.1, 0.15) is 21.1 Å². The molecule has 0 bridgehead atoms. The molecule has 2 aliphatic heterocycles. The van der Waals surface area contributed by atoms with Gasteiger partial charge >= 0.3 is 0 Å². The van der Waals surface area contributed by atoms with Crippen molar-refractivity contribution >= 4 is 32.9 Å².